The number of hydrogen-bond donors (Lipinski definition) is 1. The number of halogens is 2. The molecule has 1 N–H and O–H groups in total. The van der Waals surface area contributed by atoms with Gasteiger partial charge in [-0.2, -0.15) is 0 Å². The summed E-state index contributed by atoms with van der Waals surface area (Å²) in [5.74, 6) is -0.0488. The normalized spacial score (nSPS) is 12.1. The van der Waals surface area contributed by atoms with E-state index in [-0.39, 0.29) is 23.9 Å². The van der Waals surface area contributed by atoms with E-state index in [9.17, 15) is 14.0 Å². The molecule has 164 valence electrons. The van der Waals surface area contributed by atoms with Gasteiger partial charge in [0, 0.05) is 35.9 Å². The lowest BCUT2D eigenvalue weighted by Crippen LogP contribution is -2.21. The molecule has 0 aliphatic carbocycles. The topological polar surface area (TPSA) is 81.3 Å². The summed E-state index contributed by atoms with van der Waals surface area (Å²) in [6.07, 6.45) is 3.93. The highest BCUT2D eigenvalue weighted by molar-refractivity contribution is 6.31. The Labute approximate surface area is 188 Å². The van der Waals surface area contributed by atoms with Crippen molar-refractivity contribution in [3.63, 3.8) is 0 Å². The number of benzene rings is 2. The van der Waals surface area contributed by atoms with Gasteiger partial charge in [0.2, 0.25) is 11.6 Å². The summed E-state index contributed by atoms with van der Waals surface area (Å²) in [5, 5.41) is 11.6. The third-order valence-corrected chi connectivity index (χ3v) is 5.56. The summed E-state index contributed by atoms with van der Waals surface area (Å²) >= 11 is 6.11. The fraction of sp³-hybridized carbons (Fsp3) is 0.217. The number of fused-ring (bicyclic) bond motifs is 1. The van der Waals surface area contributed by atoms with Gasteiger partial charge in [-0.1, -0.05) is 30.7 Å². The first-order valence-electron chi connectivity index (χ1n) is 10.1. The maximum atomic E-state index is 13.5. The van der Waals surface area contributed by atoms with Crippen LogP contribution >= 0.6 is 11.6 Å². The van der Waals surface area contributed by atoms with Crippen LogP contribution in [0.5, 0.6) is 0 Å². The van der Waals surface area contributed by atoms with E-state index in [4.69, 9.17) is 11.6 Å². The van der Waals surface area contributed by atoms with Crippen LogP contribution in [-0.4, -0.2) is 25.1 Å². The number of aryl methyl sites for hydroxylation is 1. The lowest BCUT2D eigenvalue weighted by Gasteiger charge is -2.12. The molecule has 9 heteroatoms. The minimum Gasteiger partial charge on any atom is -0.326 e. The van der Waals surface area contributed by atoms with Crippen molar-refractivity contribution in [2.24, 2.45) is 5.92 Å². The Balaban J connectivity index is 1.48. The predicted octanol–water partition coefficient (Wildman–Crippen LogP) is 4.19. The Morgan fingerprint density at radius 1 is 1.19 bits per heavy atom. The van der Waals surface area contributed by atoms with Crippen molar-refractivity contribution in [1.29, 1.82) is 0 Å². The Bertz CT molecular complexity index is 1360. The Morgan fingerprint density at radius 3 is 2.75 bits per heavy atom. The summed E-state index contributed by atoms with van der Waals surface area (Å²) in [6.45, 7) is 3.82. The van der Waals surface area contributed by atoms with Gasteiger partial charge in [0.15, 0.2) is 0 Å². The fourth-order valence-electron chi connectivity index (χ4n) is 3.49. The molecule has 0 aliphatic heterocycles. The summed E-state index contributed by atoms with van der Waals surface area (Å²) in [4.78, 5) is 25.2. The molecule has 0 bridgehead atoms. The summed E-state index contributed by atoms with van der Waals surface area (Å²) in [7, 11) is 0. The molecule has 32 heavy (non-hydrogen) atoms. The molecule has 1 unspecified atom stereocenters. The van der Waals surface area contributed by atoms with Crippen molar-refractivity contribution in [1.82, 2.24) is 19.2 Å². The van der Waals surface area contributed by atoms with Crippen LogP contribution in [-0.2, 0) is 11.2 Å². The number of aromatic nitrogens is 4. The molecule has 2 aromatic carbocycles. The van der Waals surface area contributed by atoms with Gasteiger partial charge in [-0.15, -0.1) is 10.2 Å². The second kappa shape index (κ2) is 8.92. The highest BCUT2D eigenvalue weighted by Crippen LogP contribution is 2.21. The van der Waals surface area contributed by atoms with Gasteiger partial charge in [0.05, 0.1) is 5.69 Å². The molecule has 0 aliphatic rings. The van der Waals surface area contributed by atoms with Gasteiger partial charge >= 0.3 is 5.56 Å². The fourth-order valence-corrected chi connectivity index (χ4v) is 3.67. The quantitative estimate of drug-likeness (QED) is 0.474. The lowest BCUT2D eigenvalue weighted by atomic mass is 10.0. The van der Waals surface area contributed by atoms with Crippen molar-refractivity contribution >= 4 is 28.8 Å². The van der Waals surface area contributed by atoms with E-state index < -0.39 is 11.4 Å². The maximum Gasteiger partial charge on any atom is 0.300 e. The number of anilines is 1. The number of nitrogens with one attached hydrogen (secondary N) is 1. The highest BCUT2D eigenvalue weighted by atomic mass is 35.5. The van der Waals surface area contributed by atoms with E-state index in [1.807, 2.05) is 19.9 Å². The van der Waals surface area contributed by atoms with Gasteiger partial charge in [-0.25, -0.2) is 4.39 Å². The van der Waals surface area contributed by atoms with Crippen LogP contribution in [0.4, 0.5) is 10.1 Å². The molecular weight excluding hydrogens is 433 g/mol. The minimum atomic E-state index is -0.434. The first-order valence-corrected chi connectivity index (χ1v) is 10.5. The minimum absolute atomic E-state index is 0.0472. The number of carbonyl (C=O) groups is 1. The maximum absolute atomic E-state index is 13.5. The standard InChI is InChI=1S/C23H21ClFN5O2/c1-14(11-21(31)26-17-7-6-15(2)19(24)13-17)10-20-27-28-22-23(32)29(8-9-30(20)22)18-5-3-4-16(25)12-18/h3-9,12-14H,10-11H2,1-2H3,(H,26,31). The van der Waals surface area contributed by atoms with Crippen molar-refractivity contribution in [3.05, 3.63) is 87.4 Å². The number of hydrogen-bond acceptors (Lipinski definition) is 4. The van der Waals surface area contributed by atoms with E-state index >= 15 is 0 Å². The number of nitrogens with zero attached hydrogens (tertiary/aromatic N) is 4. The molecule has 0 fully saturated rings. The molecule has 0 spiro atoms. The zero-order chi connectivity index (χ0) is 22.8. The van der Waals surface area contributed by atoms with E-state index in [0.29, 0.717) is 28.6 Å². The Morgan fingerprint density at radius 2 is 2.00 bits per heavy atom. The van der Waals surface area contributed by atoms with Crippen molar-refractivity contribution in [2.45, 2.75) is 26.7 Å². The average molecular weight is 454 g/mol. The molecular formula is C23H21ClFN5O2. The largest absolute Gasteiger partial charge is 0.326 e. The molecule has 4 rings (SSSR count). The van der Waals surface area contributed by atoms with Crippen LogP contribution < -0.4 is 10.9 Å². The van der Waals surface area contributed by atoms with Crippen molar-refractivity contribution in [3.8, 4) is 5.69 Å². The third-order valence-electron chi connectivity index (χ3n) is 5.15. The number of rotatable bonds is 6. The van der Waals surface area contributed by atoms with Crippen LogP contribution in [0.3, 0.4) is 0 Å². The van der Waals surface area contributed by atoms with Crippen LogP contribution in [0.1, 0.15) is 24.7 Å². The second-order valence-electron chi connectivity index (χ2n) is 7.79. The third kappa shape index (κ3) is 4.55. The molecule has 4 aromatic rings. The Kier molecular flexibility index (Phi) is 6.05. The van der Waals surface area contributed by atoms with E-state index in [1.165, 1.54) is 22.8 Å². The van der Waals surface area contributed by atoms with Crippen LogP contribution in [0.2, 0.25) is 5.02 Å². The molecule has 1 atom stereocenters. The zero-order valence-electron chi connectivity index (χ0n) is 17.5. The van der Waals surface area contributed by atoms with E-state index in [0.717, 1.165) is 5.56 Å². The highest BCUT2D eigenvalue weighted by Gasteiger charge is 2.16. The van der Waals surface area contributed by atoms with Crippen LogP contribution in [0, 0.1) is 18.7 Å². The summed E-state index contributed by atoms with van der Waals surface area (Å²) in [6, 6.07) is 11.1. The van der Waals surface area contributed by atoms with Gasteiger partial charge in [0.1, 0.15) is 11.6 Å². The summed E-state index contributed by atoms with van der Waals surface area (Å²) in [5.41, 5.74) is 1.72. The van der Waals surface area contributed by atoms with Crippen molar-refractivity contribution in [2.75, 3.05) is 5.32 Å². The smallest absolute Gasteiger partial charge is 0.300 e. The van der Waals surface area contributed by atoms with Crippen LogP contribution in [0.15, 0.2) is 59.7 Å². The first kappa shape index (κ1) is 21.7. The molecule has 1 amide bonds. The van der Waals surface area contributed by atoms with Crippen LogP contribution in [0.25, 0.3) is 11.3 Å². The van der Waals surface area contributed by atoms with Gasteiger partial charge in [-0.05, 0) is 48.7 Å². The first-order chi connectivity index (χ1) is 15.3. The molecule has 2 heterocycles. The molecule has 0 radical (unpaired) electrons. The summed E-state index contributed by atoms with van der Waals surface area (Å²) < 4.78 is 16.5. The number of carbonyl (C=O) groups excluding carboxylic acids is 1. The zero-order valence-corrected chi connectivity index (χ0v) is 18.3. The van der Waals surface area contributed by atoms with Crippen molar-refractivity contribution < 1.29 is 9.18 Å². The molecule has 2 aromatic heterocycles. The lowest BCUT2D eigenvalue weighted by molar-refractivity contribution is -0.116. The SMILES string of the molecule is Cc1ccc(NC(=O)CC(C)Cc2nnc3c(=O)n(-c4cccc(F)c4)ccn23)cc1Cl. The predicted molar refractivity (Wildman–Crippen MR) is 121 cm³/mol. The molecule has 0 saturated carbocycles. The molecule has 0 saturated heterocycles. The van der Waals surface area contributed by atoms with E-state index in [2.05, 4.69) is 15.5 Å². The van der Waals surface area contributed by atoms with Gasteiger partial charge < -0.3 is 5.32 Å². The second-order valence-corrected chi connectivity index (χ2v) is 8.20. The Hall–Kier alpha value is -3.52. The van der Waals surface area contributed by atoms with Gasteiger partial charge in [-0.3, -0.25) is 18.6 Å². The number of amides is 1. The monoisotopic (exact) mass is 453 g/mol. The van der Waals surface area contributed by atoms with E-state index in [1.54, 1.807) is 35.0 Å². The average Bonchev–Trinajstić information content (AvgIpc) is 3.14. The molecule has 7 nitrogen and oxygen atoms in total. The van der Waals surface area contributed by atoms with Gasteiger partial charge in [0.25, 0.3) is 0 Å².